The van der Waals surface area contributed by atoms with Crippen molar-refractivity contribution in [2.45, 2.75) is 26.8 Å². The van der Waals surface area contributed by atoms with Crippen molar-refractivity contribution < 1.29 is 9.47 Å². The Bertz CT molecular complexity index is 1040. The highest BCUT2D eigenvalue weighted by Gasteiger charge is 2.22. The van der Waals surface area contributed by atoms with Crippen LogP contribution in [0, 0.1) is 0 Å². The van der Waals surface area contributed by atoms with E-state index >= 15 is 0 Å². The molecule has 3 aromatic rings. The Balaban J connectivity index is 1.79. The summed E-state index contributed by atoms with van der Waals surface area (Å²) in [5.74, 6) is 2.29. The summed E-state index contributed by atoms with van der Waals surface area (Å²) in [5, 5.41) is 8.36. The van der Waals surface area contributed by atoms with Gasteiger partial charge in [0.05, 0.1) is 26.0 Å². The molecule has 1 aliphatic rings. The van der Waals surface area contributed by atoms with Crippen LogP contribution in [0.4, 0.5) is 17.5 Å². The highest BCUT2D eigenvalue weighted by Crippen LogP contribution is 2.30. The van der Waals surface area contributed by atoms with Crippen LogP contribution in [0.2, 0.25) is 0 Å². The zero-order valence-electron chi connectivity index (χ0n) is 19.5. The normalized spacial score (nSPS) is 14.8. The molecule has 0 atom stereocenters. The smallest absolute Gasteiger partial charge is 0.228 e. The Hall–Kier alpha value is -2.91. The Kier molecular flexibility index (Phi) is 7.06. The van der Waals surface area contributed by atoms with Gasteiger partial charge in [-0.25, -0.2) is 4.98 Å². The van der Waals surface area contributed by atoms with Gasteiger partial charge >= 0.3 is 0 Å². The minimum atomic E-state index is 0.593. The van der Waals surface area contributed by atoms with Crippen molar-refractivity contribution in [3.63, 3.8) is 0 Å². The summed E-state index contributed by atoms with van der Waals surface area (Å²) in [6, 6.07) is 7.86. The molecule has 9 heteroatoms. The monoisotopic (exact) mass is 439 g/mol. The number of likely N-dealkylation sites (N-methyl/N-ethyl adjacent to an activating group) is 1. The summed E-state index contributed by atoms with van der Waals surface area (Å²) in [6.45, 7) is 9.83. The van der Waals surface area contributed by atoms with E-state index in [1.807, 2.05) is 35.9 Å². The van der Waals surface area contributed by atoms with Crippen molar-refractivity contribution in [2.24, 2.45) is 0 Å². The quantitative estimate of drug-likeness (QED) is 0.510. The van der Waals surface area contributed by atoms with Crippen LogP contribution in [0.3, 0.4) is 0 Å². The summed E-state index contributed by atoms with van der Waals surface area (Å²) in [5.41, 5.74) is 3.69. The highest BCUT2D eigenvalue weighted by molar-refractivity contribution is 5.90. The predicted octanol–water partition coefficient (Wildman–Crippen LogP) is 2.93. The first-order valence-electron chi connectivity index (χ1n) is 11.3. The number of aromatic nitrogens is 4. The molecule has 0 saturated carbocycles. The van der Waals surface area contributed by atoms with Crippen LogP contribution >= 0.6 is 0 Å². The average molecular weight is 440 g/mol. The molecule has 1 aromatic carbocycles. The number of fused-ring (bicyclic) bond motifs is 1. The third-order valence-electron chi connectivity index (χ3n) is 5.75. The number of piperazine rings is 1. The Labute approximate surface area is 189 Å². The van der Waals surface area contributed by atoms with Gasteiger partial charge in [0.2, 0.25) is 5.95 Å². The van der Waals surface area contributed by atoms with Crippen LogP contribution in [-0.4, -0.2) is 78.2 Å². The molecule has 9 nitrogen and oxygen atoms in total. The number of nitrogens with zero attached hydrogens (tertiary/aromatic N) is 6. The molecule has 4 rings (SSSR count). The Morgan fingerprint density at radius 1 is 1.09 bits per heavy atom. The van der Waals surface area contributed by atoms with Gasteiger partial charge in [-0.1, -0.05) is 13.0 Å². The number of benzene rings is 1. The first kappa shape index (κ1) is 22.3. The molecule has 0 bridgehead atoms. The molecule has 2 aromatic heterocycles. The lowest BCUT2D eigenvalue weighted by Crippen LogP contribution is -2.45. The zero-order chi connectivity index (χ0) is 22.5. The Morgan fingerprint density at radius 2 is 1.91 bits per heavy atom. The fourth-order valence-corrected chi connectivity index (χ4v) is 3.90. The largest absolute Gasteiger partial charge is 0.497 e. The van der Waals surface area contributed by atoms with Crippen molar-refractivity contribution in [1.29, 1.82) is 0 Å². The van der Waals surface area contributed by atoms with E-state index < -0.39 is 0 Å². The summed E-state index contributed by atoms with van der Waals surface area (Å²) in [6.07, 6.45) is 0.802. The van der Waals surface area contributed by atoms with Crippen molar-refractivity contribution in [2.75, 3.05) is 63.8 Å². The second-order valence-corrected chi connectivity index (χ2v) is 7.94. The second-order valence-electron chi connectivity index (χ2n) is 7.94. The van der Waals surface area contributed by atoms with E-state index in [1.54, 1.807) is 7.11 Å². The van der Waals surface area contributed by atoms with Crippen molar-refractivity contribution in [3.8, 4) is 5.75 Å². The van der Waals surface area contributed by atoms with Crippen molar-refractivity contribution in [3.05, 3.63) is 30.0 Å². The van der Waals surface area contributed by atoms with Crippen LogP contribution < -0.4 is 15.0 Å². The van der Waals surface area contributed by atoms with Crippen LogP contribution in [-0.2, 0) is 17.7 Å². The van der Waals surface area contributed by atoms with Crippen LogP contribution in [0.25, 0.3) is 11.0 Å². The molecule has 1 saturated heterocycles. The zero-order valence-corrected chi connectivity index (χ0v) is 19.5. The molecule has 0 radical (unpaired) electrons. The molecule has 3 heterocycles. The minimum Gasteiger partial charge on any atom is -0.497 e. The highest BCUT2D eigenvalue weighted by atomic mass is 16.5. The van der Waals surface area contributed by atoms with Gasteiger partial charge in [0, 0.05) is 44.5 Å². The third-order valence-corrected chi connectivity index (χ3v) is 5.75. The SMILES string of the molecule is CCOCCn1nc(CC)c2nc(N3CCN(C)CC3)nc(Nc3cccc(OC)c3)c21. The maximum atomic E-state index is 5.60. The fraction of sp³-hybridized carbons (Fsp3) is 0.522. The van der Waals surface area contributed by atoms with Crippen molar-refractivity contribution in [1.82, 2.24) is 24.6 Å². The van der Waals surface area contributed by atoms with Crippen LogP contribution in [0.1, 0.15) is 19.5 Å². The van der Waals surface area contributed by atoms with Crippen LogP contribution in [0.15, 0.2) is 24.3 Å². The second kappa shape index (κ2) is 10.1. The number of hydrogen-bond donors (Lipinski definition) is 1. The lowest BCUT2D eigenvalue weighted by molar-refractivity contribution is 0.137. The van der Waals surface area contributed by atoms with Gasteiger partial charge in [-0.05, 0) is 32.5 Å². The van der Waals surface area contributed by atoms with E-state index in [9.17, 15) is 0 Å². The Morgan fingerprint density at radius 3 is 2.62 bits per heavy atom. The number of hydrogen-bond acceptors (Lipinski definition) is 8. The number of methoxy groups -OCH3 is 1. The molecule has 0 spiro atoms. The predicted molar refractivity (Wildman–Crippen MR) is 127 cm³/mol. The molecule has 32 heavy (non-hydrogen) atoms. The maximum absolute atomic E-state index is 5.60. The van der Waals surface area contributed by atoms with Gasteiger partial charge in [0.25, 0.3) is 0 Å². The van der Waals surface area contributed by atoms with Gasteiger partial charge < -0.3 is 24.6 Å². The molecule has 1 fully saturated rings. The summed E-state index contributed by atoms with van der Waals surface area (Å²) in [7, 11) is 3.82. The lowest BCUT2D eigenvalue weighted by atomic mass is 10.2. The maximum Gasteiger partial charge on any atom is 0.228 e. The van der Waals surface area contributed by atoms with Gasteiger partial charge in [-0.15, -0.1) is 0 Å². The summed E-state index contributed by atoms with van der Waals surface area (Å²) < 4.78 is 13.0. The van der Waals surface area contributed by atoms with E-state index in [1.165, 1.54) is 0 Å². The number of anilines is 3. The van der Waals surface area contributed by atoms with E-state index in [4.69, 9.17) is 24.5 Å². The van der Waals surface area contributed by atoms with Gasteiger partial charge in [-0.2, -0.15) is 10.1 Å². The van der Waals surface area contributed by atoms with E-state index in [0.29, 0.717) is 19.8 Å². The molecular weight excluding hydrogens is 406 g/mol. The summed E-state index contributed by atoms with van der Waals surface area (Å²) in [4.78, 5) is 14.6. The molecule has 0 amide bonds. The van der Waals surface area contributed by atoms with E-state index in [0.717, 1.165) is 72.5 Å². The summed E-state index contributed by atoms with van der Waals surface area (Å²) >= 11 is 0. The van der Waals surface area contributed by atoms with Gasteiger partial charge in [0.15, 0.2) is 5.82 Å². The third kappa shape index (κ3) is 4.78. The first-order valence-corrected chi connectivity index (χ1v) is 11.3. The van der Waals surface area contributed by atoms with E-state index in [2.05, 4.69) is 29.1 Å². The van der Waals surface area contributed by atoms with Crippen LogP contribution in [0.5, 0.6) is 5.75 Å². The lowest BCUT2D eigenvalue weighted by Gasteiger charge is -2.32. The van der Waals surface area contributed by atoms with Crippen molar-refractivity contribution >= 4 is 28.5 Å². The molecule has 172 valence electrons. The number of rotatable bonds is 9. The number of nitrogens with one attached hydrogen (secondary N) is 1. The molecule has 1 aliphatic heterocycles. The molecule has 0 unspecified atom stereocenters. The minimum absolute atomic E-state index is 0.593. The topological polar surface area (TPSA) is 80.6 Å². The fourth-order valence-electron chi connectivity index (χ4n) is 3.90. The van der Waals surface area contributed by atoms with E-state index in [-0.39, 0.29) is 0 Å². The molecule has 1 N–H and O–H groups in total. The standard InChI is InChI=1S/C23H33N7O2/c1-5-19-20-21(30(27-19)14-15-32-6-2)22(24-17-8-7-9-18(16-17)31-4)26-23(25-20)29-12-10-28(3)11-13-29/h7-9,16H,5-6,10-15H2,1-4H3,(H,24,25,26). The molecular formula is C23H33N7O2. The number of aryl methyl sites for hydroxylation is 1. The first-order chi connectivity index (χ1) is 15.6. The number of ether oxygens (including phenoxy) is 2. The van der Waals surface area contributed by atoms with Gasteiger partial charge in [0.1, 0.15) is 16.8 Å². The molecule has 0 aliphatic carbocycles. The van der Waals surface area contributed by atoms with Gasteiger partial charge in [-0.3, -0.25) is 4.68 Å². The average Bonchev–Trinajstić information content (AvgIpc) is 3.18.